The summed E-state index contributed by atoms with van der Waals surface area (Å²) in [4.78, 5) is 12.3. The van der Waals surface area contributed by atoms with Crippen LogP contribution in [0.25, 0.3) is 22.3 Å². The summed E-state index contributed by atoms with van der Waals surface area (Å²) in [5.74, 6) is 0. The Hall–Kier alpha value is -2.87. The first-order valence-electron chi connectivity index (χ1n) is 9.19. The van der Waals surface area contributed by atoms with Gasteiger partial charge in [0.15, 0.2) is 6.29 Å². The summed E-state index contributed by atoms with van der Waals surface area (Å²) in [5.41, 5.74) is 11.3. The van der Waals surface area contributed by atoms with Gasteiger partial charge in [0.1, 0.15) is 0 Å². The van der Waals surface area contributed by atoms with Gasteiger partial charge in [-0.25, -0.2) is 0 Å². The van der Waals surface area contributed by atoms with Gasteiger partial charge < -0.3 is 5.32 Å². The Bertz CT molecular complexity index is 1000. The molecular weight excluding hydrogens is 318 g/mol. The summed E-state index contributed by atoms with van der Waals surface area (Å²) in [6.45, 7) is 7.22. The van der Waals surface area contributed by atoms with E-state index in [1.54, 1.807) is 0 Å². The number of anilines is 1. The average molecular weight is 341 g/mol. The number of aldehydes is 1. The molecule has 1 N–H and O–H groups in total. The van der Waals surface area contributed by atoms with Crippen molar-refractivity contribution in [3.63, 3.8) is 0 Å². The molecule has 1 heterocycles. The van der Waals surface area contributed by atoms with E-state index in [2.05, 4.69) is 74.6 Å². The van der Waals surface area contributed by atoms with Crippen LogP contribution in [0.15, 0.2) is 48.5 Å². The number of hydrogen-bond acceptors (Lipinski definition) is 2. The van der Waals surface area contributed by atoms with Crippen LogP contribution in [0.2, 0.25) is 0 Å². The number of nitrogens with one attached hydrogen (secondary N) is 1. The second-order valence-corrected chi connectivity index (χ2v) is 6.99. The van der Waals surface area contributed by atoms with Gasteiger partial charge in [0.2, 0.25) is 0 Å². The van der Waals surface area contributed by atoms with Crippen molar-refractivity contribution in [1.82, 2.24) is 0 Å². The molecule has 0 bridgehead atoms. The van der Waals surface area contributed by atoms with Gasteiger partial charge in [-0.2, -0.15) is 0 Å². The lowest BCUT2D eigenvalue weighted by Crippen LogP contribution is -2.14. The number of carbonyl (C=O) groups excluding carboxylic acids is 1. The van der Waals surface area contributed by atoms with Gasteiger partial charge in [-0.15, -0.1) is 0 Å². The van der Waals surface area contributed by atoms with Crippen LogP contribution in [0.4, 0.5) is 5.69 Å². The fraction of sp³-hybridized carbons (Fsp3) is 0.208. The molecule has 0 atom stereocenters. The fourth-order valence-electron chi connectivity index (χ4n) is 4.16. The molecule has 3 aromatic rings. The summed E-state index contributed by atoms with van der Waals surface area (Å²) in [7, 11) is 0. The van der Waals surface area contributed by atoms with Crippen LogP contribution in [0.3, 0.4) is 0 Å². The molecule has 0 spiro atoms. The molecule has 0 fully saturated rings. The van der Waals surface area contributed by atoms with E-state index in [-0.39, 0.29) is 0 Å². The van der Waals surface area contributed by atoms with Crippen LogP contribution in [0.1, 0.15) is 39.5 Å². The van der Waals surface area contributed by atoms with Crippen LogP contribution >= 0.6 is 0 Å². The molecule has 3 aromatic carbocycles. The van der Waals surface area contributed by atoms with Crippen molar-refractivity contribution in [2.45, 2.75) is 33.7 Å². The SMILES string of the molecule is CCc1c(C)c2c(c(C=O)c1-c1ccc(C)cc1)-c1ccccc1CN2. The highest BCUT2D eigenvalue weighted by Crippen LogP contribution is 2.46. The molecule has 130 valence electrons. The van der Waals surface area contributed by atoms with Crippen molar-refractivity contribution in [1.29, 1.82) is 0 Å². The molecule has 0 saturated carbocycles. The predicted octanol–water partition coefficient (Wildman–Crippen LogP) is 5.94. The fourth-order valence-corrected chi connectivity index (χ4v) is 4.16. The van der Waals surface area contributed by atoms with Crippen LogP contribution < -0.4 is 5.32 Å². The Morgan fingerprint density at radius 1 is 1.00 bits per heavy atom. The highest BCUT2D eigenvalue weighted by Gasteiger charge is 2.26. The minimum absolute atomic E-state index is 0.797. The number of fused-ring (bicyclic) bond motifs is 3. The molecule has 0 aromatic heterocycles. The molecule has 2 nitrogen and oxygen atoms in total. The number of hydrogen-bond donors (Lipinski definition) is 1. The van der Waals surface area contributed by atoms with Crippen LogP contribution in [0, 0.1) is 13.8 Å². The Labute approximate surface area is 154 Å². The maximum atomic E-state index is 12.3. The number of carbonyl (C=O) groups is 1. The minimum atomic E-state index is 0.797. The molecule has 26 heavy (non-hydrogen) atoms. The lowest BCUT2D eigenvalue weighted by molar-refractivity contribution is 0.112. The molecule has 1 aliphatic rings. The molecule has 1 aliphatic heterocycles. The van der Waals surface area contributed by atoms with Crippen molar-refractivity contribution >= 4 is 12.0 Å². The van der Waals surface area contributed by atoms with Crippen molar-refractivity contribution < 1.29 is 4.79 Å². The standard InChI is InChI=1S/C24H23NO/c1-4-19-16(3)24-23(20-8-6-5-7-18(20)13-25-24)21(14-26)22(19)17-11-9-15(2)10-12-17/h5-12,14,25H,4,13H2,1-3H3. The van der Waals surface area contributed by atoms with E-state index in [4.69, 9.17) is 0 Å². The van der Waals surface area contributed by atoms with E-state index in [0.717, 1.165) is 47.2 Å². The topological polar surface area (TPSA) is 29.1 Å². The first-order chi connectivity index (χ1) is 12.7. The second-order valence-electron chi connectivity index (χ2n) is 6.99. The van der Waals surface area contributed by atoms with Gasteiger partial charge in [-0.05, 0) is 53.6 Å². The average Bonchev–Trinajstić information content (AvgIpc) is 2.68. The molecule has 0 amide bonds. The summed E-state index contributed by atoms with van der Waals surface area (Å²) < 4.78 is 0. The molecule has 0 unspecified atom stereocenters. The Morgan fingerprint density at radius 3 is 2.42 bits per heavy atom. The van der Waals surface area contributed by atoms with Gasteiger partial charge in [0, 0.05) is 23.4 Å². The maximum absolute atomic E-state index is 12.3. The van der Waals surface area contributed by atoms with Gasteiger partial charge in [0.05, 0.1) is 0 Å². The summed E-state index contributed by atoms with van der Waals surface area (Å²) in [6, 6.07) is 16.9. The second kappa shape index (κ2) is 6.45. The minimum Gasteiger partial charge on any atom is -0.380 e. The largest absolute Gasteiger partial charge is 0.380 e. The van der Waals surface area contributed by atoms with Crippen LogP contribution in [0.5, 0.6) is 0 Å². The highest BCUT2D eigenvalue weighted by atomic mass is 16.1. The zero-order valence-corrected chi connectivity index (χ0v) is 15.5. The summed E-state index contributed by atoms with van der Waals surface area (Å²) >= 11 is 0. The molecule has 4 rings (SSSR count). The highest BCUT2D eigenvalue weighted by molar-refractivity contribution is 6.04. The first kappa shape index (κ1) is 16.6. The third-order valence-electron chi connectivity index (χ3n) is 5.47. The quantitative estimate of drug-likeness (QED) is 0.598. The normalized spacial score (nSPS) is 12.1. The lowest BCUT2D eigenvalue weighted by atomic mass is 9.81. The summed E-state index contributed by atoms with van der Waals surface area (Å²) in [6.07, 6.45) is 1.93. The number of aryl methyl sites for hydroxylation is 1. The lowest BCUT2D eigenvalue weighted by Gasteiger charge is -2.29. The van der Waals surface area contributed by atoms with Crippen LogP contribution in [-0.4, -0.2) is 6.29 Å². The van der Waals surface area contributed by atoms with E-state index in [1.165, 1.54) is 27.8 Å². The number of rotatable bonds is 3. The molecule has 2 heteroatoms. The third kappa shape index (κ3) is 2.45. The van der Waals surface area contributed by atoms with E-state index < -0.39 is 0 Å². The molecule has 0 saturated heterocycles. The zero-order chi connectivity index (χ0) is 18.3. The van der Waals surface area contributed by atoms with E-state index >= 15 is 0 Å². The third-order valence-corrected chi connectivity index (χ3v) is 5.47. The van der Waals surface area contributed by atoms with Gasteiger partial charge in [-0.1, -0.05) is 61.0 Å². The summed E-state index contributed by atoms with van der Waals surface area (Å²) in [5, 5.41) is 3.57. The van der Waals surface area contributed by atoms with Crippen molar-refractivity contribution in [3.05, 3.63) is 76.3 Å². The Balaban J connectivity index is 2.12. The van der Waals surface area contributed by atoms with E-state index in [0.29, 0.717) is 0 Å². The number of benzene rings is 3. The van der Waals surface area contributed by atoms with Crippen molar-refractivity contribution in [2.24, 2.45) is 0 Å². The van der Waals surface area contributed by atoms with Gasteiger partial charge in [0.25, 0.3) is 0 Å². The maximum Gasteiger partial charge on any atom is 0.151 e. The Kier molecular flexibility index (Phi) is 4.12. The van der Waals surface area contributed by atoms with E-state index in [1.807, 2.05) is 0 Å². The first-order valence-corrected chi connectivity index (χ1v) is 9.19. The molecule has 0 aliphatic carbocycles. The molecule has 0 radical (unpaired) electrons. The monoisotopic (exact) mass is 341 g/mol. The van der Waals surface area contributed by atoms with Crippen molar-refractivity contribution in [3.8, 4) is 22.3 Å². The van der Waals surface area contributed by atoms with Gasteiger partial charge in [-0.3, -0.25) is 4.79 Å². The van der Waals surface area contributed by atoms with E-state index in [9.17, 15) is 4.79 Å². The van der Waals surface area contributed by atoms with Crippen molar-refractivity contribution in [2.75, 3.05) is 5.32 Å². The predicted molar refractivity (Wildman–Crippen MR) is 109 cm³/mol. The smallest absolute Gasteiger partial charge is 0.151 e. The molecular formula is C24H23NO. The van der Waals surface area contributed by atoms with Crippen LogP contribution in [-0.2, 0) is 13.0 Å². The zero-order valence-electron chi connectivity index (χ0n) is 15.5. The van der Waals surface area contributed by atoms with Gasteiger partial charge >= 0.3 is 0 Å². The Morgan fingerprint density at radius 2 is 1.73 bits per heavy atom.